The molecule has 0 bridgehead atoms. The number of hydrogen-bond acceptors (Lipinski definition) is 3. The molecule has 4 nitrogen and oxygen atoms in total. The van der Waals surface area contributed by atoms with Crippen molar-refractivity contribution < 1.29 is 9.66 Å². The second-order valence-corrected chi connectivity index (χ2v) is 4.29. The molecule has 0 saturated carbocycles. The van der Waals surface area contributed by atoms with Gasteiger partial charge in [0, 0.05) is 11.6 Å². The van der Waals surface area contributed by atoms with Gasteiger partial charge >= 0.3 is 0 Å². The number of benzene rings is 2. The van der Waals surface area contributed by atoms with Crippen molar-refractivity contribution in [2.75, 3.05) is 6.61 Å². The van der Waals surface area contributed by atoms with Gasteiger partial charge in [-0.25, -0.2) is 0 Å². The van der Waals surface area contributed by atoms with Crippen LogP contribution >= 0.6 is 0 Å². The van der Waals surface area contributed by atoms with E-state index in [0.29, 0.717) is 23.5 Å². The molecule has 0 fully saturated rings. The van der Waals surface area contributed by atoms with Crippen LogP contribution in [0.3, 0.4) is 0 Å². The van der Waals surface area contributed by atoms with Gasteiger partial charge in [-0.3, -0.25) is 10.1 Å². The van der Waals surface area contributed by atoms with Crippen molar-refractivity contribution in [1.29, 1.82) is 0 Å². The number of nitro groups is 1. The number of ether oxygens (including phenoxy) is 1. The monoisotopic (exact) mass is 281 g/mol. The van der Waals surface area contributed by atoms with Gasteiger partial charge < -0.3 is 4.74 Å². The maximum absolute atomic E-state index is 11.3. The first-order chi connectivity index (χ1) is 10.2. The van der Waals surface area contributed by atoms with E-state index in [1.165, 1.54) is 6.08 Å². The maximum Gasteiger partial charge on any atom is 0.277 e. The minimum atomic E-state index is -0.389. The zero-order valence-corrected chi connectivity index (χ0v) is 11.4. The SMILES string of the molecule is C=CCOc1ccccc1C=C(c1ccccc1)[N+](=O)[O-]. The second-order valence-electron chi connectivity index (χ2n) is 4.29. The minimum absolute atomic E-state index is 0.0326. The van der Waals surface area contributed by atoms with Crippen molar-refractivity contribution in [2.24, 2.45) is 0 Å². The van der Waals surface area contributed by atoms with Crippen LogP contribution in [-0.4, -0.2) is 11.5 Å². The van der Waals surface area contributed by atoms with Crippen LogP contribution in [0.4, 0.5) is 0 Å². The minimum Gasteiger partial charge on any atom is -0.489 e. The van der Waals surface area contributed by atoms with E-state index in [0.717, 1.165) is 0 Å². The fourth-order valence-corrected chi connectivity index (χ4v) is 1.88. The van der Waals surface area contributed by atoms with Crippen molar-refractivity contribution in [2.45, 2.75) is 0 Å². The molecule has 0 heterocycles. The fraction of sp³-hybridized carbons (Fsp3) is 0.0588. The molecule has 0 aromatic heterocycles. The molecule has 0 aliphatic carbocycles. The molecule has 0 aliphatic heterocycles. The third-order valence-electron chi connectivity index (χ3n) is 2.83. The lowest BCUT2D eigenvalue weighted by atomic mass is 10.1. The Hall–Kier alpha value is -2.88. The first-order valence-corrected chi connectivity index (χ1v) is 6.46. The van der Waals surface area contributed by atoms with Gasteiger partial charge in [-0.15, -0.1) is 0 Å². The van der Waals surface area contributed by atoms with E-state index in [1.807, 2.05) is 18.2 Å². The van der Waals surface area contributed by atoms with E-state index < -0.39 is 0 Å². The largest absolute Gasteiger partial charge is 0.489 e. The number of para-hydroxylation sites is 1. The molecule has 0 atom stereocenters. The predicted octanol–water partition coefficient (Wildman–Crippen LogP) is 4.03. The molecule has 0 radical (unpaired) electrons. The summed E-state index contributed by atoms with van der Waals surface area (Å²) in [5.41, 5.74) is 1.25. The number of hydrogen-bond donors (Lipinski definition) is 0. The Bertz CT molecular complexity index is 663. The van der Waals surface area contributed by atoms with Crippen molar-refractivity contribution in [1.82, 2.24) is 0 Å². The Labute approximate surface area is 123 Å². The normalized spacial score (nSPS) is 11.0. The van der Waals surface area contributed by atoms with Crippen LogP contribution in [0.2, 0.25) is 0 Å². The summed E-state index contributed by atoms with van der Waals surface area (Å²) >= 11 is 0. The Morgan fingerprint density at radius 3 is 2.48 bits per heavy atom. The van der Waals surface area contributed by atoms with E-state index in [1.54, 1.807) is 42.5 Å². The molecule has 0 saturated heterocycles. The van der Waals surface area contributed by atoms with Gasteiger partial charge in [0.25, 0.3) is 5.70 Å². The van der Waals surface area contributed by atoms with Crippen LogP contribution in [0.1, 0.15) is 11.1 Å². The van der Waals surface area contributed by atoms with Gasteiger partial charge in [0.1, 0.15) is 12.4 Å². The summed E-state index contributed by atoms with van der Waals surface area (Å²) < 4.78 is 5.52. The summed E-state index contributed by atoms with van der Waals surface area (Å²) in [6.07, 6.45) is 3.15. The van der Waals surface area contributed by atoms with Crippen molar-refractivity contribution in [3.05, 3.63) is 88.5 Å². The first kappa shape index (κ1) is 14.5. The quantitative estimate of drug-likeness (QED) is 0.348. The summed E-state index contributed by atoms with van der Waals surface area (Å²) in [5, 5.41) is 11.3. The molecule has 21 heavy (non-hydrogen) atoms. The van der Waals surface area contributed by atoms with Crippen molar-refractivity contribution in [3.8, 4) is 5.75 Å². The molecular formula is C17H15NO3. The highest BCUT2D eigenvalue weighted by molar-refractivity contribution is 5.78. The molecule has 2 rings (SSSR count). The summed E-state index contributed by atoms with van der Waals surface area (Å²) in [7, 11) is 0. The summed E-state index contributed by atoms with van der Waals surface area (Å²) in [5.74, 6) is 0.590. The average Bonchev–Trinajstić information content (AvgIpc) is 2.52. The molecule has 106 valence electrons. The molecular weight excluding hydrogens is 266 g/mol. The van der Waals surface area contributed by atoms with Gasteiger partial charge in [-0.1, -0.05) is 49.1 Å². The van der Waals surface area contributed by atoms with E-state index >= 15 is 0 Å². The van der Waals surface area contributed by atoms with Crippen LogP contribution in [0, 0.1) is 10.1 Å². The smallest absolute Gasteiger partial charge is 0.277 e. The highest BCUT2D eigenvalue weighted by Gasteiger charge is 2.15. The van der Waals surface area contributed by atoms with Crippen LogP contribution in [-0.2, 0) is 0 Å². The van der Waals surface area contributed by atoms with Crippen molar-refractivity contribution in [3.63, 3.8) is 0 Å². The Kier molecular flexibility index (Phi) is 4.88. The van der Waals surface area contributed by atoms with E-state index in [2.05, 4.69) is 6.58 Å². The molecule has 0 spiro atoms. The fourth-order valence-electron chi connectivity index (χ4n) is 1.88. The summed E-state index contributed by atoms with van der Waals surface area (Å²) in [6, 6.07) is 16.0. The lowest BCUT2D eigenvalue weighted by molar-refractivity contribution is -0.374. The van der Waals surface area contributed by atoms with E-state index in [-0.39, 0.29) is 10.6 Å². The third-order valence-corrected chi connectivity index (χ3v) is 2.83. The van der Waals surface area contributed by atoms with Gasteiger partial charge in [0.15, 0.2) is 0 Å². The average molecular weight is 281 g/mol. The molecule has 2 aromatic rings. The van der Waals surface area contributed by atoms with Crippen LogP contribution in [0.25, 0.3) is 11.8 Å². The number of rotatable bonds is 6. The predicted molar refractivity (Wildman–Crippen MR) is 83.4 cm³/mol. The third kappa shape index (κ3) is 3.79. The standard InChI is InChI=1S/C17H15NO3/c1-2-12-21-17-11-7-6-10-15(17)13-16(18(19)20)14-8-4-3-5-9-14/h2-11,13H,1,12H2. The molecule has 0 N–H and O–H groups in total. The Balaban J connectivity index is 2.44. The Morgan fingerprint density at radius 1 is 1.14 bits per heavy atom. The molecule has 2 aromatic carbocycles. The highest BCUT2D eigenvalue weighted by Crippen LogP contribution is 2.25. The van der Waals surface area contributed by atoms with Gasteiger partial charge in [0.05, 0.1) is 10.5 Å². The van der Waals surface area contributed by atoms with Gasteiger partial charge in [-0.2, -0.15) is 0 Å². The van der Waals surface area contributed by atoms with E-state index in [4.69, 9.17) is 4.74 Å². The highest BCUT2D eigenvalue weighted by atomic mass is 16.6. The van der Waals surface area contributed by atoms with Crippen molar-refractivity contribution >= 4 is 11.8 Å². The summed E-state index contributed by atoms with van der Waals surface area (Å²) in [6.45, 7) is 3.94. The second kappa shape index (κ2) is 7.05. The van der Waals surface area contributed by atoms with Gasteiger partial charge in [0.2, 0.25) is 0 Å². The topological polar surface area (TPSA) is 52.4 Å². The maximum atomic E-state index is 11.3. The number of nitrogens with zero attached hydrogens (tertiary/aromatic N) is 1. The Morgan fingerprint density at radius 2 is 1.81 bits per heavy atom. The zero-order valence-electron chi connectivity index (χ0n) is 11.4. The summed E-state index contributed by atoms with van der Waals surface area (Å²) in [4.78, 5) is 10.9. The first-order valence-electron chi connectivity index (χ1n) is 6.46. The molecule has 0 amide bonds. The zero-order chi connectivity index (χ0) is 15.1. The van der Waals surface area contributed by atoms with Crippen LogP contribution in [0.15, 0.2) is 67.3 Å². The molecule has 4 heteroatoms. The van der Waals surface area contributed by atoms with Crippen LogP contribution < -0.4 is 4.74 Å². The lowest BCUT2D eigenvalue weighted by Crippen LogP contribution is -1.99. The van der Waals surface area contributed by atoms with Crippen LogP contribution in [0.5, 0.6) is 5.75 Å². The lowest BCUT2D eigenvalue weighted by Gasteiger charge is -2.07. The van der Waals surface area contributed by atoms with E-state index in [9.17, 15) is 10.1 Å². The molecule has 0 unspecified atom stereocenters. The van der Waals surface area contributed by atoms with Gasteiger partial charge in [-0.05, 0) is 18.2 Å². The molecule has 0 aliphatic rings.